The second-order valence-corrected chi connectivity index (χ2v) is 8.31. The van der Waals surface area contributed by atoms with Crippen LogP contribution in [0.25, 0.3) is 0 Å². The predicted octanol–water partition coefficient (Wildman–Crippen LogP) is 1.89. The van der Waals surface area contributed by atoms with E-state index in [4.69, 9.17) is 15.2 Å². The van der Waals surface area contributed by atoms with Gasteiger partial charge in [-0.1, -0.05) is 13.8 Å². The van der Waals surface area contributed by atoms with E-state index in [9.17, 15) is 8.42 Å². The van der Waals surface area contributed by atoms with Gasteiger partial charge in [0, 0.05) is 24.6 Å². The molecule has 0 fully saturated rings. The summed E-state index contributed by atoms with van der Waals surface area (Å²) >= 11 is 0. The number of hydrogen-bond donors (Lipinski definition) is 2. The van der Waals surface area contributed by atoms with Crippen LogP contribution in [0.4, 0.5) is 0 Å². The molecular weight excluding hydrogens is 316 g/mol. The van der Waals surface area contributed by atoms with Gasteiger partial charge in [0.05, 0.1) is 18.1 Å². The molecule has 1 aliphatic heterocycles. The summed E-state index contributed by atoms with van der Waals surface area (Å²) in [5, 5.41) is 0. The van der Waals surface area contributed by atoms with E-state index in [0.29, 0.717) is 37.1 Å². The molecule has 3 N–H and O–H groups in total. The lowest BCUT2D eigenvalue weighted by molar-refractivity contribution is 0.296. The molecule has 2 rings (SSSR count). The van der Waals surface area contributed by atoms with Crippen molar-refractivity contribution in [1.29, 1.82) is 0 Å². The Morgan fingerprint density at radius 3 is 2.52 bits per heavy atom. The maximum absolute atomic E-state index is 12.7. The van der Waals surface area contributed by atoms with Gasteiger partial charge in [-0.3, -0.25) is 0 Å². The van der Waals surface area contributed by atoms with Crippen LogP contribution in [-0.4, -0.2) is 33.7 Å². The molecule has 1 unspecified atom stereocenters. The van der Waals surface area contributed by atoms with E-state index < -0.39 is 15.6 Å². The zero-order chi connectivity index (χ0) is 17.1. The summed E-state index contributed by atoms with van der Waals surface area (Å²) in [4.78, 5) is 0.158. The van der Waals surface area contributed by atoms with Gasteiger partial charge in [0.25, 0.3) is 0 Å². The van der Waals surface area contributed by atoms with Crippen molar-refractivity contribution in [2.75, 3.05) is 19.8 Å². The van der Waals surface area contributed by atoms with E-state index in [-0.39, 0.29) is 11.4 Å². The summed E-state index contributed by atoms with van der Waals surface area (Å²) < 4.78 is 39.2. The van der Waals surface area contributed by atoms with E-state index >= 15 is 0 Å². The van der Waals surface area contributed by atoms with Crippen LogP contribution in [0.1, 0.15) is 33.6 Å². The van der Waals surface area contributed by atoms with Crippen LogP contribution in [0.5, 0.6) is 11.5 Å². The number of ether oxygens (including phenoxy) is 2. The monoisotopic (exact) mass is 342 g/mol. The molecule has 1 aliphatic rings. The molecule has 0 saturated heterocycles. The smallest absolute Gasteiger partial charge is 0.241 e. The highest BCUT2D eigenvalue weighted by Crippen LogP contribution is 2.32. The van der Waals surface area contributed by atoms with E-state index in [0.717, 1.165) is 6.42 Å². The normalized spacial score (nSPS) is 17.6. The van der Waals surface area contributed by atoms with Gasteiger partial charge >= 0.3 is 0 Å². The van der Waals surface area contributed by atoms with Crippen molar-refractivity contribution in [2.24, 2.45) is 11.7 Å². The van der Waals surface area contributed by atoms with E-state index in [2.05, 4.69) is 4.72 Å². The molecule has 0 amide bonds. The van der Waals surface area contributed by atoms with Crippen LogP contribution in [0.2, 0.25) is 0 Å². The predicted molar refractivity (Wildman–Crippen MR) is 89.3 cm³/mol. The number of nitrogens with one attached hydrogen (secondary N) is 1. The lowest BCUT2D eigenvalue weighted by Crippen LogP contribution is -2.51. The van der Waals surface area contributed by atoms with Crippen LogP contribution in [-0.2, 0) is 10.0 Å². The van der Waals surface area contributed by atoms with Crippen molar-refractivity contribution in [3.05, 3.63) is 18.2 Å². The summed E-state index contributed by atoms with van der Waals surface area (Å²) in [7, 11) is -3.69. The Balaban J connectivity index is 2.27. The Morgan fingerprint density at radius 1 is 1.26 bits per heavy atom. The second kappa shape index (κ2) is 7.07. The van der Waals surface area contributed by atoms with Crippen LogP contribution in [0.3, 0.4) is 0 Å². The largest absolute Gasteiger partial charge is 0.490 e. The molecule has 0 aliphatic carbocycles. The van der Waals surface area contributed by atoms with Crippen molar-refractivity contribution in [3.8, 4) is 11.5 Å². The van der Waals surface area contributed by atoms with Crippen LogP contribution in [0, 0.1) is 5.92 Å². The SMILES string of the molecule is CC(C)CC(C)(CN)NS(=O)(=O)c1ccc2c(c1)OCCCO2. The fourth-order valence-electron chi connectivity index (χ4n) is 2.76. The molecule has 7 heteroatoms. The molecule has 0 radical (unpaired) electrons. The first-order valence-electron chi connectivity index (χ1n) is 7.89. The van der Waals surface area contributed by atoms with Crippen molar-refractivity contribution in [1.82, 2.24) is 4.72 Å². The van der Waals surface area contributed by atoms with Crippen LogP contribution >= 0.6 is 0 Å². The number of rotatable bonds is 6. The highest BCUT2D eigenvalue weighted by atomic mass is 32.2. The molecule has 6 nitrogen and oxygen atoms in total. The average Bonchev–Trinajstić information content (AvgIpc) is 2.70. The van der Waals surface area contributed by atoms with Gasteiger partial charge in [0.1, 0.15) is 0 Å². The first kappa shape index (κ1) is 18.0. The van der Waals surface area contributed by atoms with Gasteiger partial charge in [0.15, 0.2) is 11.5 Å². The fraction of sp³-hybridized carbons (Fsp3) is 0.625. The molecule has 0 bridgehead atoms. The van der Waals surface area contributed by atoms with Gasteiger partial charge in [-0.05, 0) is 31.4 Å². The van der Waals surface area contributed by atoms with Crippen molar-refractivity contribution in [2.45, 2.75) is 44.0 Å². The molecule has 1 heterocycles. The van der Waals surface area contributed by atoms with Gasteiger partial charge < -0.3 is 15.2 Å². The molecule has 23 heavy (non-hydrogen) atoms. The summed E-state index contributed by atoms with van der Waals surface area (Å²) in [5.74, 6) is 1.36. The molecule has 1 aromatic rings. The number of benzene rings is 1. The van der Waals surface area contributed by atoms with Crippen LogP contribution in [0.15, 0.2) is 23.1 Å². The number of sulfonamides is 1. The number of hydrogen-bond acceptors (Lipinski definition) is 5. The van der Waals surface area contributed by atoms with Gasteiger partial charge in [0.2, 0.25) is 10.0 Å². The highest BCUT2D eigenvalue weighted by molar-refractivity contribution is 7.89. The minimum absolute atomic E-state index is 0.158. The Labute approximate surface area is 138 Å². The third-order valence-corrected chi connectivity index (χ3v) is 5.36. The summed E-state index contributed by atoms with van der Waals surface area (Å²) in [6.45, 7) is 7.21. The molecule has 0 aromatic heterocycles. The Hall–Kier alpha value is -1.31. The quantitative estimate of drug-likeness (QED) is 0.824. The zero-order valence-electron chi connectivity index (χ0n) is 14.0. The van der Waals surface area contributed by atoms with Gasteiger partial charge in [-0.15, -0.1) is 0 Å². The molecular formula is C16H26N2O4S. The van der Waals surface area contributed by atoms with Gasteiger partial charge in [-0.25, -0.2) is 13.1 Å². The molecule has 1 aromatic carbocycles. The van der Waals surface area contributed by atoms with E-state index in [1.807, 2.05) is 20.8 Å². The average molecular weight is 342 g/mol. The lowest BCUT2D eigenvalue weighted by atomic mass is 9.92. The third kappa shape index (κ3) is 4.59. The molecule has 130 valence electrons. The van der Waals surface area contributed by atoms with Crippen molar-refractivity contribution in [3.63, 3.8) is 0 Å². The summed E-state index contributed by atoms with van der Waals surface area (Å²) in [6, 6.07) is 4.68. The minimum Gasteiger partial charge on any atom is -0.490 e. The number of nitrogens with two attached hydrogens (primary N) is 1. The topological polar surface area (TPSA) is 90.7 Å². The maximum Gasteiger partial charge on any atom is 0.241 e. The highest BCUT2D eigenvalue weighted by Gasteiger charge is 2.30. The molecule has 0 saturated carbocycles. The summed E-state index contributed by atoms with van der Waals surface area (Å²) in [5.41, 5.74) is 5.12. The standard InChI is InChI=1S/C16H26N2O4S/c1-12(2)10-16(3,11-17)18-23(19,20)13-5-6-14-15(9-13)22-8-4-7-21-14/h5-6,9,12,18H,4,7-8,10-11,17H2,1-3H3. The van der Waals surface area contributed by atoms with Crippen molar-refractivity contribution >= 4 is 10.0 Å². The Kier molecular flexibility index (Phi) is 5.54. The zero-order valence-corrected chi connectivity index (χ0v) is 14.8. The first-order valence-corrected chi connectivity index (χ1v) is 9.38. The van der Waals surface area contributed by atoms with Gasteiger partial charge in [-0.2, -0.15) is 0 Å². The number of fused-ring (bicyclic) bond motifs is 1. The Morgan fingerprint density at radius 2 is 1.91 bits per heavy atom. The summed E-state index contributed by atoms with van der Waals surface area (Å²) in [6.07, 6.45) is 1.43. The molecule has 0 spiro atoms. The maximum atomic E-state index is 12.7. The van der Waals surface area contributed by atoms with Crippen molar-refractivity contribution < 1.29 is 17.9 Å². The lowest BCUT2D eigenvalue weighted by Gasteiger charge is -2.30. The second-order valence-electron chi connectivity index (χ2n) is 6.63. The van der Waals surface area contributed by atoms with E-state index in [1.54, 1.807) is 6.07 Å². The van der Waals surface area contributed by atoms with E-state index in [1.165, 1.54) is 12.1 Å². The molecule has 1 atom stereocenters. The minimum atomic E-state index is -3.69. The Bertz CT molecular complexity index is 645. The fourth-order valence-corrected chi connectivity index (χ4v) is 4.20. The first-order chi connectivity index (χ1) is 10.8. The third-order valence-electron chi connectivity index (χ3n) is 3.72. The van der Waals surface area contributed by atoms with Crippen LogP contribution < -0.4 is 19.9 Å².